The highest BCUT2D eigenvalue weighted by molar-refractivity contribution is 5.92. The average molecular weight is 234 g/mol. The minimum atomic E-state index is -0.306. The Morgan fingerprint density at radius 2 is 1.88 bits per heavy atom. The summed E-state index contributed by atoms with van der Waals surface area (Å²) in [6, 6.07) is 7.47. The van der Waals surface area contributed by atoms with Crippen LogP contribution in [0.4, 0.5) is 0 Å². The largest absolute Gasteiger partial charge is 0.497 e. The van der Waals surface area contributed by atoms with Gasteiger partial charge in [0.2, 0.25) is 0 Å². The fourth-order valence-electron chi connectivity index (χ4n) is 2.09. The van der Waals surface area contributed by atoms with E-state index >= 15 is 0 Å². The molecule has 2 unspecified atom stereocenters. The highest BCUT2D eigenvalue weighted by atomic mass is 16.5. The predicted molar refractivity (Wildman–Crippen MR) is 65.4 cm³/mol. The van der Waals surface area contributed by atoms with Gasteiger partial charge in [-0.2, -0.15) is 0 Å². The summed E-state index contributed by atoms with van der Waals surface area (Å²) in [5.41, 5.74) is -0.306. The summed E-state index contributed by atoms with van der Waals surface area (Å²) in [6.07, 6.45) is 1.36. The summed E-state index contributed by atoms with van der Waals surface area (Å²) in [7, 11) is 1.63. The molecule has 0 heterocycles. The Kier molecular flexibility index (Phi) is 3.09. The zero-order valence-corrected chi connectivity index (χ0v) is 10.5. The highest BCUT2D eigenvalue weighted by Gasteiger charge is 2.51. The van der Waals surface area contributed by atoms with E-state index in [1.807, 2.05) is 38.1 Å². The van der Waals surface area contributed by atoms with Gasteiger partial charge in [0.25, 0.3) is 0 Å². The number of hydrogen-bond donors (Lipinski definition) is 0. The van der Waals surface area contributed by atoms with Crippen LogP contribution in [0.25, 0.3) is 0 Å². The molecule has 1 aromatic rings. The lowest BCUT2D eigenvalue weighted by Crippen LogP contribution is -2.54. The second-order valence-corrected chi connectivity index (χ2v) is 4.68. The van der Waals surface area contributed by atoms with Crippen molar-refractivity contribution in [2.75, 3.05) is 7.11 Å². The van der Waals surface area contributed by atoms with Gasteiger partial charge < -0.3 is 9.47 Å². The molecule has 0 amide bonds. The van der Waals surface area contributed by atoms with Crippen LogP contribution >= 0.6 is 0 Å². The van der Waals surface area contributed by atoms with E-state index in [-0.39, 0.29) is 11.5 Å². The summed E-state index contributed by atoms with van der Waals surface area (Å²) < 4.78 is 10.9. The number of Topliss-reactive ketones (excluding diaryl/α,β-unsaturated/α-hetero) is 1. The lowest BCUT2D eigenvalue weighted by Gasteiger charge is -2.44. The molecule has 2 atom stereocenters. The molecule has 0 spiro atoms. The lowest BCUT2D eigenvalue weighted by atomic mass is 9.64. The number of hydrogen-bond acceptors (Lipinski definition) is 3. The number of carbonyl (C=O) groups is 1. The molecule has 1 aromatic carbocycles. The Balaban J connectivity index is 2.04. The summed E-state index contributed by atoms with van der Waals surface area (Å²) in [4.78, 5) is 11.6. The maximum absolute atomic E-state index is 11.6. The fraction of sp³-hybridized carbons (Fsp3) is 0.500. The number of ether oxygens (including phenoxy) is 2. The Morgan fingerprint density at radius 3 is 2.35 bits per heavy atom. The minimum absolute atomic E-state index is 0.00777. The molecule has 2 rings (SSSR count). The van der Waals surface area contributed by atoms with Crippen molar-refractivity contribution in [1.29, 1.82) is 0 Å². The summed E-state index contributed by atoms with van der Waals surface area (Å²) in [5, 5.41) is 0. The molecule has 0 radical (unpaired) electrons. The molecule has 3 nitrogen and oxygen atoms in total. The van der Waals surface area contributed by atoms with E-state index in [4.69, 9.17) is 9.47 Å². The Labute approximate surface area is 102 Å². The number of ketones is 1. The first-order valence-corrected chi connectivity index (χ1v) is 5.94. The van der Waals surface area contributed by atoms with Crippen molar-refractivity contribution in [2.45, 2.75) is 32.8 Å². The molecular formula is C14H18O3. The van der Waals surface area contributed by atoms with Gasteiger partial charge in [-0.1, -0.05) is 6.92 Å². The van der Waals surface area contributed by atoms with Crippen LogP contribution in [0.15, 0.2) is 24.3 Å². The van der Waals surface area contributed by atoms with E-state index in [0.29, 0.717) is 12.2 Å². The highest BCUT2D eigenvalue weighted by Crippen LogP contribution is 2.42. The zero-order valence-electron chi connectivity index (χ0n) is 10.5. The second kappa shape index (κ2) is 4.40. The van der Waals surface area contributed by atoms with E-state index in [0.717, 1.165) is 17.9 Å². The molecule has 1 saturated carbocycles. The first-order chi connectivity index (χ1) is 8.10. The van der Waals surface area contributed by atoms with Gasteiger partial charge in [-0.3, -0.25) is 4.79 Å². The Bertz CT molecular complexity index is 410. The first-order valence-electron chi connectivity index (χ1n) is 5.94. The molecule has 17 heavy (non-hydrogen) atoms. The van der Waals surface area contributed by atoms with E-state index in [9.17, 15) is 4.79 Å². The van der Waals surface area contributed by atoms with Crippen LogP contribution in [-0.4, -0.2) is 19.0 Å². The molecular weight excluding hydrogens is 216 g/mol. The molecule has 0 aliphatic heterocycles. The fourth-order valence-corrected chi connectivity index (χ4v) is 2.09. The number of rotatable bonds is 4. The van der Waals surface area contributed by atoms with Crippen molar-refractivity contribution in [3.63, 3.8) is 0 Å². The lowest BCUT2D eigenvalue weighted by molar-refractivity contribution is -0.150. The maximum atomic E-state index is 11.6. The maximum Gasteiger partial charge on any atom is 0.146 e. The van der Waals surface area contributed by atoms with Crippen molar-refractivity contribution in [2.24, 2.45) is 5.41 Å². The van der Waals surface area contributed by atoms with Gasteiger partial charge in [0.15, 0.2) is 0 Å². The molecule has 3 heteroatoms. The summed E-state index contributed by atoms with van der Waals surface area (Å²) in [6.45, 7) is 4.01. The first kappa shape index (κ1) is 12.0. The van der Waals surface area contributed by atoms with E-state index < -0.39 is 0 Å². The van der Waals surface area contributed by atoms with Gasteiger partial charge in [0.1, 0.15) is 23.4 Å². The Morgan fingerprint density at radius 1 is 1.29 bits per heavy atom. The molecule has 1 fully saturated rings. The molecule has 0 saturated heterocycles. The SMILES string of the molecule is CCC1(C)C(=O)CC1Oc1ccc(OC)cc1. The van der Waals surface area contributed by atoms with E-state index in [2.05, 4.69) is 0 Å². The molecule has 0 N–H and O–H groups in total. The minimum Gasteiger partial charge on any atom is -0.497 e. The third-order valence-corrected chi connectivity index (χ3v) is 3.79. The normalized spacial score (nSPS) is 27.5. The quantitative estimate of drug-likeness (QED) is 0.803. The number of carbonyl (C=O) groups excluding carboxylic acids is 1. The average Bonchev–Trinajstić information content (AvgIpc) is 2.38. The van der Waals surface area contributed by atoms with E-state index in [1.165, 1.54) is 0 Å². The zero-order chi connectivity index (χ0) is 12.5. The van der Waals surface area contributed by atoms with E-state index in [1.54, 1.807) is 7.11 Å². The second-order valence-electron chi connectivity index (χ2n) is 4.68. The topological polar surface area (TPSA) is 35.5 Å². The molecule has 0 aromatic heterocycles. The smallest absolute Gasteiger partial charge is 0.146 e. The summed E-state index contributed by atoms with van der Waals surface area (Å²) in [5.74, 6) is 1.90. The van der Waals surface area contributed by atoms with Gasteiger partial charge >= 0.3 is 0 Å². The molecule has 92 valence electrons. The van der Waals surface area contributed by atoms with Crippen LogP contribution in [0, 0.1) is 5.41 Å². The third-order valence-electron chi connectivity index (χ3n) is 3.79. The van der Waals surface area contributed by atoms with Crippen molar-refractivity contribution < 1.29 is 14.3 Å². The molecule has 1 aliphatic carbocycles. The van der Waals surface area contributed by atoms with Crippen LogP contribution < -0.4 is 9.47 Å². The predicted octanol–water partition coefficient (Wildman–Crippen LogP) is 2.83. The van der Waals surface area contributed by atoms with Crippen molar-refractivity contribution in [3.05, 3.63) is 24.3 Å². The van der Waals surface area contributed by atoms with Gasteiger partial charge in [-0.15, -0.1) is 0 Å². The monoisotopic (exact) mass is 234 g/mol. The van der Waals surface area contributed by atoms with Crippen molar-refractivity contribution >= 4 is 5.78 Å². The van der Waals surface area contributed by atoms with Crippen LogP contribution in [0.1, 0.15) is 26.7 Å². The van der Waals surface area contributed by atoms with Gasteiger partial charge in [-0.25, -0.2) is 0 Å². The molecule has 0 bridgehead atoms. The standard InChI is InChI=1S/C14H18O3/c1-4-14(2)12(15)9-13(14)17-11-7-5-10(16-3)6-8-11/h5-8,13H,4,9H2,1-3H3. The number of methoxy groups -OCH3 is 1. The van der Waals surface area contributed by atoms with Gasteiger partial charge in [0.05, 0.1) is 12.5 Å². The van der Waals surface area contributed by atoms with Crippen LogP contribution in [0.2, 0.25) is 0 Å². The van der Waals surface area contributed by atoms with Crippen molar-refractivity contribution in [1.82, 2.24) is 0 Å². The third kappa shape index (κ3) is 2.02. The number of benzene rings is 1. The Hall–Kier alpha value is -1.51. The molecule has 1 aliphatic rings. The van der Waals surface area contributed by atoms with Crippen LogP contribution in [0.5, 0.6) is 11.5 Å². The van der Waals surface area contributed by atoms with Gasteiger partial charge in [0, 0.05) is 6.42 Å². The van der Waals surface area contributed by atoms with Gasteiger partial charge in [-0.05, 0) is 37.6 Å². The van der Waals surface area contributed by atoms with Crippen LogP contribution in [0.3, 0.4) is 0 Å². The summed E-state index contributed by atoms with van der Waals surface area (Å²) >= 11 is 0. The van der Waals surface area contributed by atoms with Crippen LogP contribution in [-0.2, 0) is 4.79 Å². The van der Waals surface area contributed by atoms with Crippen molar-refractivity contribution in [3.8, 4) is 11.5 Å².